The van der Waals surface area contributed by atoms with Gasteiger partial charge >= 0.3 is 0 Å². The third kappa shape index (κ3) is 4.31. The van der Waals surface area contributed by atoms with Crippen molar-refractivity contribution in [1.82, 2.24) is 0 Å². The first-order valence-electron chi connectivity index (χ1n) is 6.61. The number of rotatable bonds is 5. The molecule has 0 spiro atoms. The second-order valence-electron chi connectivity index (χ2n) is 5.32. The van der Waals surface area contributed by atoms with Gasteiger partial charge in [0.2, 0.25) is 15.9 Å². The van der Waals surface area contributed by atoms with Crippen LogP contribution < -0.4 is 10.5 Å². The number of hydrogen-bond acceptors (Lipinski definition) is 3. The first-order chi connectivity index (χ1) is 9.15. The Bertz CT molecular complexity index is 607. The highest BCUT2D eigenvalue weighted by atomic mass is 32.2. The number of sulfonamides is 1. The Morgan fingerprint density at radius 2 is 1.95 bits per heavy atom. The van der Waals surface area contributed by atoms with Crippen molar-refractivity contribution in [2.75, 3.05) is 5.32 Å². The number of anilines is 1. The summed E-state index contributed by atoms with van der Waals surface area (Å²) in [5.41, 5.74) is 2.15. The van der Waals surface area contributed by atoms with Crippen LogP contribution in [0.1, 0.15) is 38.3 Å². The lowest BCUT2D eigenvalue weighted by Crippen LogP contribution is -2.17. The predicted molar refractivity (Wildman–Crippen MR) is 80.0 cm³/mol. The van der Waals surface area contributed by atoms with Crippen LogP contribution in [0, 0.1) is 12.8 Å². The smallest absolute Gasteiger partial charge is 0.238 e. The molecule has 0 radical (unpaired) electrons. The van der Waals surface area contributed by atoms with E-state index < -0.39 is 10.0 Å². The maximum atomic E-state index is 11.9. The zero-order valence-electron chi connectivity index (χ0n) is 12.4. The number of nitrogens with two attached hydrogens (primary N) is 1. The summed E-state index contributed by atoms with van der Waals surface area (Å²) in [5.74, 6) is 0.199. The fraction of sp³-hybridized carbons (Fsp3) is 0.500. The van der Waals surface area contributed by atoms with E-state index in [0.29, 0.717) is 24.1 Å². The van der Waals surface area contributed by atoms with Crippen LogP contribution >= 0.6 is 0 Å². The fourth-order valence-electron chi connectivity index (χ4n) is 2.01. The topological polar surface area (TPSA) is 89.3 Å². The Hall–Kier alpha value is -1.40. The van der Waals surface area contributed by atoms with E-state index in [9.17, 15) is 13.2 Å². The average molecular weight is 298 g/mol. The molecule has 0 aliphatic carbocycles. The van der Waals surface area contributed by atoms with Gasteiger partial charge in [0.25, 0.3) is 0 Å². The van der Waals surface area contributed by atoms with E-state index in [1.807, 2.05) is 20.8 Å². The lowest BCUT2D eigenvalue weighted by Gasteiger charge is -2.15. The molecule has 0 aliphatic rings. The van der Waals surface area contributed by atoms with Crippen LogP contribution in [0.15, 0.2) is 17.0 Å². The highest BCUT2D eigenvalue weighted by Gasteiger charge is 2.15. The number of hydrogen-bond donors (Lipinski definition) is 2. The Morgan fingerprint density at radius 1 is 1.35 bits per heavy atom. The fourth-order valence-corrected chi connectivity index (χ4v) is 2.66. The number of aryl methyl sites for hydroxylation is 2. The van der Waals surface area contributed by atoms with Crippen molar-refractivity contribution in [1.29, 1.82) is 0 Å². The minimum absolute atomic E-state index is 0.0684. The summed E-state index contributed by atoms with van der Waals surface area (Å²) in [6, 6.07) is 3.01. The number of nitrogens with one attached hydrogen (secondary N) is 1. The molecular weight excluding hydrogens is 276 g/mol. The van der Waals surface area contributed by atoms with Crippen LogP contribution in [0.5, 0.6) is 0 Å². The highest BCUT2D eigenvalue weighted by Crippen LogP contribution is 2.25. The predicted octanol–water partition coefficient (Wildman–Crippen LogP) is 2.19. The van der Waals surface area contributed by atoms with Crippen molar-refractivity contribution in [3.8, 4) is 0 Å². The summed E-state index contributed by atoms with van der Waals surface area (Å²) in [5, 5.41) is 8.02. The summed E-state index contributed by atoms with van der Waals surface area (Å²) in [6.07, 6.45) is 1.04. The van der Waals surface area contributed by atoms with Gasteiger partial charge in [-0.05, 0) is 42.5 Å². The molecule has 1 aromatic rings. The van der Waals surface area contributed by atoms with Crippen molar-refractivity contribution >= 4 is 21.6 Å². The van der Waals surface area contributed by atoms with Gasteiger partial charge in [0.1, 0.15) is 0 Å². The summed E-state index contributed by atoms with van der Waals surface area (Å²) >= 11 is 0. The Morgan fingerprint density at radius 3 is 2.40 bits per heavy atom. The van der Waals surface area contributed by atoms with Gasteiger partial charge in [-0.3, -0.25) is 4.79 Å². The zero-order valence-corrected chi connectivity index (χ0v) is 13.2. The van der Waals surface area contributed by atoms with E-state index in [2.05, 4.69) is 5.32 Å². The Kier molecular flexibility index (Phi) is 5.30. The van der Waals surface area contributed by atoms with Gasteiger partial charge in [0, 0.05) is 12.1 Å². The minimum atomic E-state index is -3.73. The molecule has 0 heterocycles. The molecule has 0 fully saturated rings. The molecule has 0 bridgehead atoms. The van der Waals surface area contributed by atoms with E-state index in [-0.39, 0.29) is 16.7 Å². The molecule has 112 valence electrons. The number of carbonyl (C=O) groups excluding carboxylic acids is 1. The summed E-state index contributed by atoms with van der Waals surface area (Å²) < 4.78 is 22.8. The number of amides is 1. The molecule has 3 N–H and O–H groups in total. The second-order valence-corrected chi connectivity index (χ2v) is 6.88. The first kappa shape index (κ1) is 16.7. The zero-order chi connectivity index (χ0) is 15.5. The van der Waals surface area contributed by atoms with Gasteiger partial charge in [-0.25, -0.2) is 13.6 Å². The summed E-state index contributed by atoms with van der Waals surface area (Å²) in [6.45, 7) is 7.60. The van der Waals surface area contributed by atoms with E-state index in [1.54, 1.807) is 6.92 Å². The van der Waals surface area contributed by atoms with Crippen LogP contribution in [0.4, 0.5) is 5.69 Å². The third-order valence-corrected chi connectivity index (χ3v) is 3.85. The van der Waals surface area contributed by atoms with Crippen molar-refractivity contribution in [3.05, 3.63) is 23.3 Å². The number of carbonyl (C=O) groups is 1. The van der Waals surface area contributed by atoms with Crippen molar-refractivity contribution in [3.63, 3.8) is 0 Å². The number of primary sulfonamides is 1. The van der Waals surface area contributed by atoms with E-state index in [0.717, 1.165) is 5.56 Å². The standard InChI is InChI=1S/C14H22N2O3S/c1-5-11-8-12(20(15,18)19)7-10(4)14(11)16-13(17)6-9(2)3/h7-9H,5-6H2,1-4H3,(H,16,17)(H2,15,18,19). The molecule has 6 heteroatoms. The van der Waals surface area contributed by atoms with E-state index in [4.69, 9.17) is 5.14 Å². The molecule has 0 atom stereocenters. The van der Waals surface area contributed by atoms with E-state index >= 15 is 0 Å². The Balaban J connectivity index is 3.18. The van der Waals surface area contributed by atoms with Gasteiger partial charge in [-0.1, -0.05) is 20.8 Å². The van der Waals surface area contributed by atoms with Gasteiger partial charge < -0.3 is 5.32 Å². The average Bonchev–Trinajstić information content (AvgIpc) is 2.28. The van der Waals surface area contributed by atoms with Crippen molar-refractivity contribution in [2.24, 2.45) is 11.1 Å². The molecule has 5 nitrogen and oxygen atoms in total. The third-order valence-electron chi connectivity index (χ3n) is 2.96. The van der Waals surface area contributed by atoms with Crippen LogP contribution in [-0.4, -0.2) is 14.3 Å². The number of benzene rings is 1. The molecule has 0 aliphatic heterocycles. The van der Waals surface area contributed by atoms with E-state index in [1.165, 1.54) is 12.1 Å². The molecule has 1 amide bonds. The van der Waals surface area contributed by atoms with Crippen LogP contribution in [-0.2, 0) is 21.2 Å². The SMILES string of the molecule is CCc1cc(S(N)(=O)=O)cc(C)c1NC(=O)CC(C)C. The van der Waals surface area contributed by atoms with Gasteiger partial charge in [0.15, 0.2) is 0 Å². The molecule has 0 aromatic heterocycles. The molecule has 0 unspecified atom stereocenters. The second kappa shape index (κ2) is 6.37. The van der Waals surface area contributed by atoms with Crippen LogP contribution in [0.3, 0.4) is 0 Å². The van der Waals surface area contributed by atoms with Crippen LogP contribution in [0.25, 0.3) is 0 Å². The quantitative estimate of drug-likeness (QED) is 0.873. The summed E-state index contributed by atoms with van der Waals surface area (Å²) in [7, 11) is -3.73. The van der Waals surface area contributed by atoms with Crippen molar-refractivity contribution in [2.45, 2.75) is 45.4 Å². The van der Waals surface area contributed by atoms with Crippen molar-refractivity contribution < 1.29 is 13.2 Å². The molecule has 0 saturated carbocycles. The molecule has 1 rings (SSSR count). The Labute approximate surface area is 120 Å². The lowest BCUT2D eigenvalue weighted by atomic mass is 10.0. The van der Waals surface area contributed by atoms with Gasteiger partial charge in [-0.2, -0.15) is 0 Å². The summed E-state index contributed by atoms with van der Waals surface area (Å²) in [4.78, 5) is 11.9. The van der Waals surface area contributed by atoms with Gasteiger partial charge in [0.05, 0.1) is 4.90 Å². The lowest BCUT2D eigenvalue weighted by molar-refractivity contribution is -0.116. The monoisotopic (exact) mass is 298 g/mol. The maximum absolute atomic E-state index is 11.9. The largest absolute Gasteiger partial charge is 0.326 e. The van der Waals surface area contributed by atoms with Gasteiger partial charge in [-0.15, -0.1) is 0 Å². The molecule has 0 saturated heterocycles. The normalized spacial score (nSPS) is 11.7. The molecular formula is C14H22N2O3S. The first-order valence-corrected chi connectivity index (χ1v) is 8.16. The minimum Gasteiger partial charge on any atom is -0.326 e. The molecule has 1 aromatic carbocycles. The van der Waals surface area contributed by atoms with Crippen LogP contribution in [0.2, 0.25) is 0 Å². The maximum Gasteiger partial charge on any atom is 0.238 e. The highest BCUT2D eigenvalue weighted by molar-refractivity contribution is 7.89. The molecule has 20 heavy (non-hydrogen) atoms.